The van der Waals surface area contributed by atoms with Gasteiger partial charge in [-0.05, 0) is 11.6 Å². The number of nitrogens with zero attached hydrogens (tertiary/aromatic N) is 4. The van der Waals surface area contributed by atoms with Crippen LogP contribution in [0.2, 0.25) is 5.28 Å². The number of halogens is 2. The molecule has 1 aliphatic heterocycles. The predicted octanol–water partition coefficient (Wildman–Crippen LogP) is 0.0727. The number of imidazole rings is 1. The molecular weight excluding hydrogens is 406 g/mol. The number of aromatic nitrogens is 4. The van der Waals surface area contributed by atoms with Crippen molar-refractivity contribution in [3.8, 4) is 0 Å². The fourth-order valence-corrected chi connectivity index (χ4v) is 3.45. The van der Waals surface area contributed by atoms with Crippen LogP contribution < -0.4 is 11.1 Å². The Morgan fingerprint density at radius 2 is 2.37 bits per heavy atom. The second-order valence-corrected chi connectivity index (χ2v) is 7.17. The molecular formula is C13H17ClFN6O5P. The average molecular weight is 423 g/mol. The maximum atomic E-state index is 14.5. The topological polar surface area (TPSA) is 158 Å². The fraction of sp³-hybridized carbons (Fsp3) is 0.538. The lowest BCUT2D eigenvalue weighted by Crippen LogP contribution is -2.34. The van der Waals surface area contributed by atoms with Crippen LogP contribution >= 0.6 is 20.0 Å². The number of fused-ring (bicyclic) bond motifs is 1. The van der Waals surface area contributed by atoms with Crippen LogP contribution in [0.25, 0.3) is 11.2 Å². The van der Waals surface area contributed by atoms with Gasteiger partial charge in [-0.2, -0.15) is 9.97 Å². The highest BCUT2D eigenvalue weighted by atomic mass is 35.5. The molecule has 5 N–H and O–H groups in total. The lowest BCUT2D eigenvalue weighted by molar-refractivity contribution is -0.130. The first kappa shape index (κ1) is 20.1. The van der Waals surface area contributed by atoms with E-state index in [4.69, 9.17) is 26.8 Å². The van der Waals surface area contributed by atoms with Crippen molar-refractivity contribution in [3.05, 3.63) is 11.6 Å². The van der Waals surface area contributed by atoms with Crippen LogP contribution in [0, 0.1) is 0 Å². The number of likely N-dealkylation sites (N-methyl/N-ethyl adjacent to an activating group) is 1. The van der Waals surface area contributed by atoms with Gasteiger partial charge < -0.3 is 30.3 Å². The molecule has 2 aromatic heterocycles. The molecule has 0 bridgehead atoms. The normalized spacial score (nSPS) is 23.9. The summed E-state index contributed by atoms with van der Waals surface area (Å²) in [5.74, 6) is -2.09. The van der Waals surface area contributed by atoms with Gasteiger partial charge in [0.15, 0.2) is 17.7 Å². The van der Waals surface area contributed by atoms with Gasteiger partial charge in [-0.3, -0.25) is 9.36 Å². The zero-order valence-corrected chi connectivity index (χ0v) is 15.6. The van der Waals surface area contributed by atoms with Gasteiger partial charge in [0.05, 0.1) is 19.0 Å². The molecule has 1 saturated heterocycles. The Morgan fingerprint density at radius 1 is 1.63 bits per heavy atom. The van der Waals surface area contributed by atoms with Crippen LogP contribution in [0.1, 0.15) is 12.6 Å². The number of nitrogens with one attached hydrogen (secondary N) is 1. The molecule has 3 rings (SSSR count). The van der Waals surface area contributed by atoms with Gasteiger partial charge in [-0.15, -0.1) is 0 Å². The summed E-state index contributed by atoms with van der Waals surface area (Å²) >= 11 is 5.80. The largest absolute Gasteiger partial charge is 0.382 e. The number of alkyl halides is 1. The SMILES string of the molecule is CNC(=O)C(OCC1CC(F)C(n2cnc3c(N)nc(Cl)nc32)O1)P(O)O. The van der Waals surface area contributed by atoms with Crippen molar-refractivity contribution < 1.29 is 28.4 Å². The van der Waals surface area contributed by atoms with Crippen molar-refractivity contribution in [2.45, 2.75) is 30.8 Å². The van der Waals surface area contributed by atoms with E-state index in [2.05, 4.69) is 20.3 Å². The van der Waals surface area contributed by atoms with Crippen molar-refractivity contribution in [3.63, 3.8) is 0 Å². The van der Waals surface area contributed by atoms with Crippen LogP contribution in [0.4, 0.5) is 10.2 Å². The minimum absolute atomic E-state index is 0.0338. The molecule has 0 aromatic carbocycles. The summed E-state index contributed by atoms with van der Waals surface area (Å²) in [4.78, 5) is 42.0. The smallest absolute Gasteiger partial charge is 0.258 e. The van der Waals surface area contributed by atoms with E-state index in [0.717, 1.165) is 0 Å². The second kappa shape index (κ2) is 8.13. The van der Waals surface area contributed by atoms with Gasteiger partial charge in [0.2, 0.25) is 19.5 Å². The molecule has 2 aromatic rings. The number of ether oxygens (including phenoxy) is 2. The summed E-state index contributed by atoms with van der Waals surface area (Å²) in [5, 5.41) is 2.15. The van der Waals surface area contributed by atoms with E-state index in [0.29, 0.717) is 0 Å². The lowest BCUT2D eigenvalue weighted by Gasteiger charge is -2.20. The molecule has 27 heavy (non-hydrogen) atoms. The van der Waals surface area contributed by atoms with Crippen molar-refractivity contribution in [2.24, 2.45) is 0 Å². The summed E-state index contributed by atoms with van der Waals surface area (Å²) in [5.41, 5.74) is 6.22. The zero-order valence-electron chi connectivity index (χ0n) is 14.0. The van der Waals surface area contributed by atoms with Gasteiger partial charge in [0.1, 0.15) is 11.7 Å². The predicted molar refractivity (Wildman–Crippen MR) is 93.3 cm³/mol. The Hall–Kier alpha value is -1.69. The number of anilines is 1. The third-order valence-corrected chi connectivity index (χ3v) is 4.92. The zero-order chi connectivity index (χ0) is 19.7. The van der Waals surface area contributed by atoms with E-state index < -0.39 is 38.6 Å². The van der Waals surface area contributed by atoms with Crippen molar-refractivity contribution in [1.29, 1.82) is 0 Å². The number of nitrogen functional groups attached to an aromatic ring is 1. The maximum Gasteiger partial charge on any atom is 0.258 e. The number of rotatable bonds is 6. The van der Waals surface area contributed by atoms with Crippen molar-refractivity contribution in [2.75, 3.05) is 19.4 Å². The van der Waals surface area contributed by atoms with Crippen LogP contribution in [0.15, 0.2) is 6.33 Å². The summed E-state index contributed by atoms with van der Waals surface area (Å²) in [6.45, 7) is -0.209. The molecule has 0 saturated carbocycles. The van der Waals surface area contributed by atoms with Gasteiger partial charge >= 0.3 is 0 Å². The van der Waals surface area contributed by atoms with Gasteiger partial charge in [0.25, 0.3) is 5.91 Å². The first-order chi connectivity index (χ1) is 12.8. The summed E-state index contributed by atoms with van der Waals surface area (Å²) in [6.07, 6.45) is -1.92. The maximum absolute atomic E-state index is 14.5. The van der Waals surface area contributed by atoms with Crippen molar-refractivity contribution >= 4 is 42.9 Å². The molecule has 4 unspecified atom stereocenters. The van der Waals surface area contributed by atoms with Gasteiger partial charge in [0, 0.05) is 13.5 Å². The Balaban J connectivity index is 1.73. The highest BCUT2D eigenvalue weighted by molar-refractivity contribution is 7.46. The fourth-order valence-electron chi connectivity index (χ4n) is 2.72. The highest BCUT2D eigenvalue weighted by Gasteiger charge is 2.39. The standard InChI is InChI=1S/C13H17ClFN6O5P/c1-17-10(22)12(27(23)24)25-3-5-2-6(15)11(26-5)21-4-18-7-8(16)19-13(14)20-9(7)21/h4-6,11-12,23-24H,2-3H2,1H3,(H,17,22)(H2,16,19,20). The molecule has 4 atom stereocenters. The Kier molecular flexibility index (Phi) is 6.04. The van der Waals surface area contributed by atoms with Crippen molar-refractivity contribution in [1.82, 2.24) is 24.8 Å². The quantitative estimate of drug-likeness (QED) is 0.373. The third-order valence-electron chi connectivity index (χ3n) is 3.95. The molecule has 0 aliphatic carbocycles. The Labute approximate surface area is 158 Å². The van der Waals surface area contributed by atoms with E-state index in [-0.39, 0.29) is 35.3 Å². The minimum Gasteiger partial charge on any atom is -0.382 e. The first-order valence-corrected chi connectivity index (χ1v) is 9.46. The van der Waals surface area contributed by atoms with E-state index in [9.17, 15) is 19.0 Å². The monoisotopic (exact) mass is 422 g/mol. The average Bonchev–Trinajstić information content (AvgIpc) is 3.17. The summed E-state index contributed by atoms with van der Waals surface area (Å²) in [6, 6.07) is 0. The van der Waals surface area contributed by atoms with Gasteiger partial charge in [-0.1, -0.05) is 0 Å². The highest BCUT2D eigenvalue weighted by Crippen LogP contribution is 2.36. The number of nitrogens with two attached hydrogens (primary N) is 1. The summed E-state index contributed by atoms with van der Waals surface area (Å²) < 4.78 is 26.7. The number of amides is 1. The molecule has 1 aliphatic rings. The summed E-state index contributed by atoms with van der Waals surface area (Å²) in [7, 11) is -1.33. The minimum atomic E-state index is -2.66. The molecule has 1 fully saturated rings. The molecule has 3 heterocycles. The van der Waals surface area contributed by atoms with E-state index in [1.54, 1.807) is 0 Å². The third kappa shape index (κ3) is 4.10. The second-order valence-electron chi connectivity index (χ2n) is 5.72. The van der Waals surface area contributed by atoms with E-state index in [1.807, 2.05) is 0 Å². The van der Waals surface area contributed by atoms with Gasteiger partial charge in [-0.25, -0.2) is 9.37 Å². The van der Waals surface area contributed by atoms with E-state index in [1.165, 1.54) is 17.9 Å². The number of carbonyl (C=O) groups is 1. The molecule has 11 nitrogen and oxygen atoms in total. The number of hydrogen-bond acceptors (Lipinski definition) is 9. The molecule has 148 valence electrons. The molecule has 14 heteroatoms. The van der Waals surface area contributed by atoms with Crippen LogP contribution in [-0.4, -0.2) is 67.0 Å². The van der Waals surface area contributed by atoms with E-state index >= 15 is 0 Å². The lowest BCUT2D eigenvalue weighted by atomic mass is 10.2. The Morgan fingerprint density at radius 3 is 3.04 bits per heavy atom. The Bertz CT molecular complexity index is 841. The molecule has 0 spiro atoms. The van der Waals surface area contributed by atoms with Crippen LogP contribution in [0.3, 0.4) is 0 Å². The first-order valence-electron chi connectivity index (χ1n) is 7.77. The molecule has 0 radical (unpaired) electrons. The number of carbonyl (C=O) groups excluding carboxylic acids is 1. The molecule has 1 amide bonds. The van der Waals surface area contributed by atoms with Crippen LogP contribution in [-0.2, 0) is 14.3 Å². The van der Waals surface area contributed by atoms with Crippen LogP contribution in [0.5, 0.6) is 0 Å². The number of hydrogen-bond donors (Lipinski definition) is 4.